The van der Waals surface area contributed by atoms with Crippen LogP contribution in [0, 0.1) is 12.7 Å². The average Bonchev–Trinajstić information content (AvgIpc) is 3.06. The Bertz CT molecular complexity index is 885. The van der Waals surface area contributed by atoms with E-state index < -0.39 is 11.7 Å². The predicted octanol–water partition coefficient (Wildman–Crippen LogP) is 5.57. The van der Waals surface area contributed by atoms with Crippen molar-refractivity contribution in [2.75, 3.05) is 0 Å². The van der Waals surface area contributed by atoms with E-state index in [1.807, 2.05) is 11.4 Å². The van der Waals surface area contributed by atoms with Crippen molar-refractivity contribution in [2.24, 2.45) is 0 Å². The van der Waals surface area contributed by atoms with E-state index >= 15 is 0 Å². The van der Waals surface area contributed by atoms with Crippen LogP contribution in [0.4, 0.5) is 17.6 Å². The zero-order valence-corrected chi connectivity index (χ0v) is 14.7. The lowest BCUT2D eigenvalue weighted by molar-refractivity contribution is -0.137. The highest BCUT2D eigenvalue weighted by molar-refractivity contribution is 7.13. The number of aromatic nitrogens is 1. The standard InChI is InChI=1S/C19H16F4N2S/c1-12-2-3-13(8-17(12)20)9-24-10-16-11-26-18(25-16)14-4-6-15(7-5-14)19(21,22)23/h2-8,11,24H,9-10H2,1H3. The van der Waals surface area contributed by atoms with Crippen molar-refractivity contribution in [1.82, 2.24) is 10.3 Å². The largest absolute Gasteiger partial charge is 0.416 e. The fourth-order valence-electron chi connectivity index (χ4n) is 2.40. The number of benzene rings is 2. The molecule has 0 radical (unpaired) electrons. The van der Waals surface area contributed by atoms with Crippen LogP contribution in [-0.4, -0.2) is 4.98 Å². The summed E-state index contributed by atoms with van der Waals surface area (Å²) in [6, 6.07) is 10.1. The first-order valence-corrected chi connectivity index (χ1v) is 8.78. The molecule has 0 aliphatic heterocycles. The molecule has 1 aromatic heterocycles. The smallest absolute Gasteiger partial charge is 0.307 e. The van der Waals surface area contributed by atoms with E-state index in [2.05, 4.69) is 10.3 Å². The second-order valence-corrected chi connectivity index (χ2v) is 6.76. The molecule has 2 aromatic carbocycles. The maximum atomic E-state index is 13.5. The van der Waals surface area contributed by atoms with Gasteiger partial charge in [0.1, 0.15) is 10.8 Å². The number of hydrogen-bond donors (Lipinski definition) is 1. The first-order chi connectivity index (χ1) is 12.3. The molecule has 0 spiro atoms. The number of aryl methyl sites for hydroxylation is 1. The van der Waals surface area contributed by atoms with Gasteiger partial charge in [-0.25, -0.2) is 9.37 Å². The zero-order chi connectivity index (χ0) is 18.7. The summed E-state index contributed by atoms with van der Waals surface area (Å²) in [5, 5.41) is 5.71. The molecule has 26 heavy (non-hydrogen) atoms. The van der Waals surface area contributed by atoms with Gasteiger partial charge >= 0.3 is 6.18 Å². The summed E-state index contributed by atoms with van der Waals surface area (Å²) >= 11 is 1.37. The second-order valence-electron chi connectivity index (χ2n) is 5.91. The Labute approximate surface area is 152 Å². The molecule has 0 bridgehead atoms. The molecule has 136 valence electrons. The first-order valence-electron chi connectivity index (χ1n) is 7.91. The summed E-state index contributed by atoms with van der Waals surface area (Å²) in [6.45, 7) is 2.71. The molecule has 0 saturated heterocycles. The van der Waals surface area contributed by atoms with Gasteiger partial charge in [0.2, 0.25) is 0 Å². The van der Waals surface area contributed by atoms with Gasteiger partial charge in [0.05, 0.1) is 11.3 Å². The molecular weight excluding hydrogens is 364 g/mol. The molecular formula is C19H16F4N2S. The second kappa shape index (κ2) is 7.55. The SMILES string of the molecule is Cc1ccc(CNCc2csc(-c3ccc(C(F)(F)F)cc3)n2)cc1F. The van der Waals surface area contributed by atoms with E-state index in [0.717, 1.165) is 23.4 Å². The molecule has 0 aliphatic rings. The van der Waals surface area contributed by atoms with Crippen LogP contribution in [-0.2, 0) is 19.3 Å². The monoisotopic (exact) mass is 380 g/mol. The third-order valence-corrected chi connectivity index (χ3v) is 4.82. The van der Waals surface area contributed by atoms with Crippen LogP contribution in [0.1, 0.15) is 22.4 Å². The van der Waals surface area contributed by atoms with Gasteiger partial charge in [0, 0.05) is 24.0 Å². The van der Waals surface area contributed by atoms with Crippen molar-refractivity contribution in [3.05, 3.63) is 76.0 Å². The van der Waals surface area contributed by atoms with Gasteiger partial charge in [-0.2, -0.15) is 13.2 Å². The summed E-state index contributed by atoms with van der Waals surface area (Å²) in [5.41, 5.74) is 2.21. The van der Waals surface area contributed by atoms with E-state index in [-0.39, 0.29) is 5.82 Å². The van der Waals surface area contributed by atoms with Crippen molar-refractivity contribution < 1.29 is 17.6 Å². The third-order valence-electron chi connectivity index (χ3n) is 3.88. The molecule has 0 atom stereocenters. The molecule has 0 unspecified atom stereocenters. The molecule has 0 fully saturated rings. The fraction of sp³-hybridized carbons (Fsp3) is 0.211. The Morgan fingerprint density at radius 3 is 2.42 bits per heavy atom. The van der Waals surface area contributed by atoms with Gasteiger partial charge in [-0.3, -0.25) is 0 Å². The minimum atomic E-state index is -4.34. The van der Waals surface area contributed by atoms with Crippen LogP contribution in [0.25, 0.3) is 10.6 Å². The zero-order valence-electron chi connectivity index (χ0n) is 13.9. The van der Waals surface area contributed by atoms with Crippen molar-refractivity contribution in [2.45, 2.75) is 26.2 Å². The number of halogens is 4. The van der Waals surface area contributed by atoms with E-state index in [0.29, 0.717) is 29.2 Å². The quantitative estimate of drug-likeness (QED) is 0.586. The van der Waals surface area contributed by atoms with Crippen molar-refractivity contribution in [3.8, 4) is 10.6 Å². The topological polar surface area (TPSA) is 24.9 Å². The highest BCUT2D eigenvalue weighted by atomic mass is 32.1. The lowest BCUT2D eigenvalue weighted by Gasteiger charge is -2.06. The highest BCUT2D eigenvalue weighted by Crippen LogP contribution is 2.31. The molecule has 0 amide bonds. The fourth-order valence-corrected chi connectivity index (χ4v) is 3.23. The Kier molecular flexibility index (Phi) is 5.38. The highest BCUT2D eigenvalue weighted by Gasteiger charge is 2.30. The van der Waals surface area contributed by atoms with Crippen molar-refractivity contribution in [1.29, 1.82) is 0 Å². The number of nitrogens with one attached hydrogen (secondary N) is 1. The number of thiazole rings is 1. The van der Waals surface area contributed by atoms with Gasteiger partial charge in [-0.15, -0.1) is 11.3 Å². The maximum absolute atomic E-state index is 13.5. The summed E-state index contributed by atoms with van der Waals surface area (Å²) in [5.74, 6) is -0.234. The van der Waals surface area contributed by atoms with Crippen LogP contribution in [0.2, 0.25) is 0 Å². The van der Waals surface area contributed by atoms with Crippen LogP contribution in [0.3, 0.4) is 0 Å². The summed E-state index contributed by atoms with van der Waals surface area (Å²) in [7, 11) is 0. The number of rotatable bonds is 5. The Hall–Kier alpha value is -2.25. The Balaban J connectivity index is 1.60. The van der Waals surface area contributed by atoms with Crippen LogP contribution in [0.15, 0.2) is 47.8 Å². The molecule has 0 aliphatic carbocycles. The summed E-state index contributed by atoms with van der Waals surface area (Å²) < 4.78 is 51.3. The molecule has 0 saturated carbocycles. The van der Waals surface area contributed by atoms with E-state index in [1.54, 1.807) is 13.0 Å². The van der Waals surface area contributed by atoms with Crippen LogP contribution < -0.4 is 5.32 Å². The molecule has 3 aromatic rings. The lowest BCUT2D eigenvalue weighted by atomic mass is 10.1. The third kappa shape index (κ3) is 4.47. The Morgan fingerprint density at radius 2 is 1.77 bits per heavy atom. The lowest BCUT2D eigenvalue weighted by Crippen LogP contribution is -2.13. The van der Waals surface area contributed by atoms with Gasteiger partial charge in [-0.1, -0.05) is 24.3 Å². The van der Waals surface area contributed by atoms with E-state index in [4.69, 9.17) is 0 Å². The van der Waals surface area contributed by atoms with Crippen molar-refractivity contribution >= 4 is 11.3 Å². The average molecular weight is 380 g/mol. The Morgan fingerprint density at radius 1 is 1.04 bits per heavy atom. The number of alkyl halides is 3. The molecule has 1 heterocycles. The summed E-state index contributed by atoms with van der Waals surface area (Å²) in [4.78, 5) is 4.44. The van der Waals surface area contributed by atoms with Gasteiger partial charge < -0.3 is 5.32 Å². The minimum absolute atomic E-state index is 0.234. The van der Waals surface area contributed by atoms with Gasteiger partial charge in [-0.05, 0) is 36.2 Å². The minimum Gasteiger partial charge on any atom is -0.307 e. The van der Waals surface area contributed by atoms with Crippen LogP contribution in [0.5, 0.6) is 0 Å². The van der Waals surface area contributed by atoms with Crippen LogP contribution >= 0.6 is 11.3 Å². The van der Waals surface area contributed by atoms with Crippen molar-refractivity contribution in [3.63, 3.8) is 0 Å². The summed E-state index contributed by atoms with van der Waals surface area (Å²) in [6.07, 6.45) is -4.34. The van der Waals surface area contributed by atoms with E-state index in [1.165, 1.54) is 29.5 Å². The first kappa shape index (κ1) is 18.5. The van der Waals surface area contributed by atoms with E-state index in [9.17, 15) is 17.6 Å². The number of nitrogens with zero attached hydrogens (tertiary/aromatic N) is 1. The number of hydrogen-bond acceptors (Lipinski definition) is 3. The predicted molar refractivity (Wildman–Crippen MR) is 94.2 cm³/mol. The maximum Gasteiger partial charge on any atom is 0.416 e. The van der Waals surface area contributed by atoms with Gasteiger partial charge in [0.15, 0.2) is 0 Å². The molecule has 1 N–H and O–H groups in total. The molecule has 3 rings (SSSR count). The van der Waals surface area contributed by atoms with Gasteiger partial charge in [0.25, 0.3) is 0 Å². The molecule has 2 nitrogen and oxygen atoms in total. The normalized spacial score (nSPS) is 11.7. The molecule has 7 heteroatoms.